The number of carbonyl (C=O) groups excluding carboxylic acids is 1. The summed E-state index contributed by atoms with van der Waals surface area (Å²) in [5.74, 6) is 0.520. The van der Waals surface area contributed by atoms with Crippen molar-refractivity contribution in [1.82, 2.24) is 10.0 Å². The van der Waals surface area contributed by atoms with Crippen molar-refractivity contribution in [3.05, 3.63) is 24.3 Å². The van der Waals surface area contributed by atoms with E-state index < -0.39 is 22.2 Å². The predicted molar refractivity (Wildman–Crippen MR) is 107 cm³/mol. The Balaban J connectivity index is 1.53. The number of benzene rings is 1. The van der Waals surface area contributed by atoms with Crippen molar-refractivity contribution < 1.29 is 27.8 Å². The van der Waals surface area contributed by atoms with Crippen LogP contribution in [0.4, 0.5) is 0 Å². The Kier molecular flexibility index (Phi) is 7.50. The number of hydrogen-bond acceptors (Lipinski definition) is 6. The fourth-order valence-corrected chi connectivity index (χ4v) is 5.22. The lowest BCUT2D eigenvalue weighted by Crippen LogP contribution is -2.51. The number of carbonyl (C=O) groups is 1. The second kappa shape index (κ2) is 9.88. The molecule has 0 bridgehead atoms. The van der Waals surface area contributed by atoms with Gasteiger partial charge in [-0.3, -0.25) is 4.79 Å². The number of aliphatic hydroxyl groups excluding tert-OH is 1. The van der Waals surface area contributed by atoms with Crippen LogP contribution in [0.5, 0.6) is 5.75 Å². The summed E-state index contributed by atoms with van der Waals surface area (Å²) < 4.78 is 39.3. The lowest BCUT2D eigenvalue weighted by molar-refractivity contribution is -0.127. The maximum atomic E-state index is 12.8. The summed E-state index contributed by atoms with van der Waals surface area (Å²) in [5.41, 5.74) is 0. The molecule has 3 N–H and O–H groups in total. The van der Waals surface area contributed by atoms with Crippen LogP contribution in [0.15, 0.2) is 29.2 Å². The summed E-state index contributed by atoms with van der Waals surface area (Å²) in [4.78, 5) is 12.0. The molecule has 1 aromatic rings. The third-order valence-electron chi connectivity index (χ3n) is 5.70. The predicted octanol–water partition coefficient (Wildman–Crippen LogP) is 1.19. The number of nitrogens with one attached hydrogen (secondary N) is 2. The van der Waals surface area contributed by atoms with Gasteiger partial charge in [0, 0.05) is 12.5 Å². The number of rotatable bonds is 9. The van der Waals surface area contributed by atoms with E-state index in [1.807, 2.05) is 0 Å². The maximum Gasteiger partial charge on any atom is 0.244 e. The van der Waals surface area contributed by atoms with E-state index >= 15 is 0 Å². The first-order valence-corrected chi connectivity index (χ1v) is 11.6. The number of sulfonamides is 1. The largest absolute Gasteiger partial charge is 0.495 e. The van der Waals surface area contributed by atoms with Gasteiger partial charge in [-0.15, -0.1) is 0 Å². The summed E-state index contributed by atoms with van der Waals surface area (Å²) in [5, 5.41) is 12.7. The third kappa shape index (κ3) is 5.48. The van der Waals surface area contributed by atoms with Crippen LogP contribution >= 0.6 is 0 Å². The second-order valence-corrected chi connectivity index (χ2v) is 9.33. The highest BCUT2D eigenvalue weighted by Gasteiger charge is 2.34. The number of hydrogen-bond donors (Lipinski definition) is 3. The van der Waals surface area contributed by atoms with Crippen LogP contribution in [0, 0.1) is 5.92 Å². The van der Waals surface area contributed by atoms with Gasteiger partial charge in [-0.05, 0) is 44.2 Å². The smallest absolute Gasteiger partial charge is 0.244 e. The van der Waals surface area contributed by atoms with Gasteiger partial charge in [0.25, 0.3) is 0 Å². The van der Waals surface area contributed by atoms with Crippen molar-refractivity contribution in [3.63, 3.8) is 0 Å². The first-order chi connectivity index (χ1) is 13.9. The van der Waals surface area contributed by atoms with Crippen LogP contribution < -0.4 is 14.8 Å². The molecule has 3 atom stereocenters. The van der Waals surface area contributed by atoms with Crippen molar-refractivity contribution in [3.8, 4) is 5.75 Å². The topological polar surface area (TPSA) is 114 Å². The molecule has 0 spiro atoms. The number of amides is 1. The molecule has 0 radical (unpaired) electrons. The Morgan fingerprint density at radius 3 is 2.66 bits per heavy atom. The molecule has 2 aliphatic rings. The first-order valence-electron chi connectivity index (χ1n) is 10.1. The van der Waals surface area contributed by atoms with E-state index in [-0.39, 0.29) is 35.2 Å². The SMILES string of the molecule is COc1ccccc1S(=O)(=O)N[C@@H]1CC[C@@H](CCNC(=O)C2CCC2)O[C@@H]1CO. The van der Waals surface area contributed by atoms with Crippen molar-refractivity contribution >= 4 is 15.9 Å². The van der Waals surface area contributed by atoms with Crippen LogP contribution in [0.2, 0.25) is 0 Å². The zero-order valence-electron chi connectivity index (χ0n) is 16.7. The Morgan fingerprint density at radius 1 is 1.24 bits per heavy atom. The number of methoxy groups -OCH3 is 1. The van der Waals surface area contributed by atoms with Crippen LogP contribution in [0.3, 0.4) is 0 Å². The highest BCUT2D eigenvalue weighted by Crippen LogP contribution is 2.28. The molecular formula is C20H30N2O6S. The van der Waals surface area contributed by atoms with Gasteiger partial charge >= 0.3 is 0 Å². The summed E-state index contributed by atoms with van der Waals surface area (Å²) in [7, 11) is -2.40. The van der Waals surface area contributed by atoms with Gasteiger partial charge < -0.3 is 19.9 Å². The quantitative estimate of drug-likeness (QED) is 0.547. The highest BCUT2D eigenvalue weighted by molar-refractivity contribution is 7.89. The van der Waals surface area contributed by atoms with Crippen LogP contribution in [0.25, 0.3) is 0 Å². The molecule has 162 valence electrons. The average molecular weight is 427 g/mol. The average Bonchev–Trinajstić information content (AvgIpc) is 2.67. The molecule has 1 heterocycles. The molecule has 29 heavy (non-hydrogen) atoms. The minimum Gasteiger partial charge on any atom is -0.495 e. The molecule has 1 aromatic carbocycles. The van der Waals surface area contributed by atoms with Crippen molar-refractivity contribution in [2.75, 3.05) is 20.3 Å². The molecule has 1 aliphatic carbocycles. The monoisotopic (exact) mass is 426 g/mol. The molecule has 9 heteroatoms. The van der Waals surface area contributed by atoms with E-state index in [1.165, 1.54) is 13.2 Å². The van der Waals surface area contributed by atoms with Gasteiger partial charge in [0.05, 0.1) is 32.0 Å². The molecule has 0 unspecified atom stereocenters. The van der Waals surface area contributed by atoms with E-state index in [2.05, 4.69) is 10.0 Å². The summed E-state index contributed by atoms with van der Waals surface area (Å²) in [6.45, 7) is 0.236. The van der Waals surface area contributed by atoms with E-state index in [1.54, 1.807) is 18.2 Å². The van der Waals surface area contributed by atoms with Gasteiger partial charge in [-0.1, -0.05) is 18.6 Å². The van der Waals surface area contributed by atoms with Crippen LogP contribution in [-0.2, 0) is 19.6 Å². The van der Waals surface area contributed by atoms with Crippen LogP contribution in [0.1, 0.15) is 38.5 Å². The molecule has 1 saturated heterocycles. The Labute approximate surface area is 172 Å². The van der Waals surface area contributed by atoms with E-state index in [4.69, 9.17) is 9.47 Å². The summed E-state index contributed by atoms with van der Waals surface area (Å²) in [6, 6.07) is 5.87. The van der Waals surface area contributed by atoms with Gasteiger partial charge in [-0.25, -0.2) is 13.1 Å². The fraction of sp³-hybridized carbons (Fsp3) is 0.650. The summed E-state index contributed by atoms with van der Waals surface area (Å²) in [6.07, 6.45) is 4.12. The van der Waals surface area contributed by atoms with Gasteiger partial charge in [0.2, 0.25) is 15.9 Å². The second-order valence-electron chi connectivity index (χ2n) is 7.64. The molecule has 1 amide bonds. The molecule has 3 rings (SSSR count). The van der Waals surface area contributed by atoms with E-state index in [9.17, 15) is 18.3 Å². The molecule has 1 saturated carbocycles. The van der Waals surface area contributed by atoms with Crippen molar-refractivity contribution in [2.45, 2.75) is 61.7 Å². The lowest BCUT2D eigenvalue weighted by atomic mass is 9.85. The molecule has 8 nitrogen and oxygen atoms in total. The zero-order valence-corrected chi connectivity index (χ0v) is 17.5. The lowest BCUT2D eigenvalue weighted by Gasteiger charge is -2.36. The molecule has 2 fully saturated rings. The molecule has 1 aliphatic heterocycles. The minimum atomic E-state index is -3.82. The number of aliphatic hydroxyl groups is 1. The standard InChI is InChI=1S/C20H30N2O6S/c1-27-17-7-2-3-8-19(17)29(25,26)22-16-10-9-15(28-18(16)13-23)11-12-21-20(24)14-5-4-6-14/h2-3,7-8,14-16,18,22-23H,4-6,9-13H2,1H3,(H,21,24)/t15-,16+,18+/m0/s1. The molecule has 0 aromatic heterocycles. The third-order valence-corrected chi connectivity index (χ3v) is 7.23. The fourth-order valence-electron chi connectivity index (χ4n) is 3.75. The normalized spacial score (nSPS) is 25.2. The van der Waals surface area contributed by atoms with Gasteiger partial charge in [0.15, 0.2) is 0 Å². The van der Waals surface area contributed by atoms with Gasteiger partial charge in [-0.2, -0.15) is 0 Å². The molecular weight excluding hydrogens is 396 g/mol. The Morgan fingerprint density at radius 2 is 2.00 bits per heavy atom. The van der Waals surface area contributed by atoms with E-state index in [0.29, 0.717) is 25.8 Å². The van der Waals surface area contributed by atoms with Crippen molar-refractivity contribution in [1.29, 1.82) is 0 Å². The minimum absolute atomic E-state index is 0.0556. The Hall–Kier alpha value is -1.68. The van der Waals surface area contributed by atoms with Crippen LogP contribution in [-0.4, -0.2) is 57.9 Å². The first kappa shape index (κ1) is 22.0. The number of ether oxygens (including phenoxy) is 2. The highest BCUT2D eigenvalue weighted by atomic mass is 32.2. The maximum absolute atomic E-state index is 12.8. The van der Waals surface area contributed by atoms with Gasteiger partial charge in [0.1, 0.15) is 10.6 Å². The summed E-state index contributed by atoms with van der Waals surface area (Å²) >= 11 is 0. The van der Waals surface area contributed by atoms with Crippen molar-refractivity contribution in [2.24, 2.45) is 5.92 Å². The van der Waals surface area contributed by atoms with E-state index in [0.717, 1.165) is 19.3 Å². The zero-order chi connectivity index (χ0) is 20.9. The number of para-hydroxylation sites is 1. The Bertz CT molecular complexity index is 796.